The molecule has 1 heterocycles. The third-order valence-electron chi connectivity index (χ3n) is 4.75. The minimum absolute atomic E-state index is 0.117. The third-order valence-corrected chi connectivity index (χ3v) is 5.58. The summed E-state index contributed by atoms with van der Waals surface area (Å²) < 4.78 is 39.0. The molecule has 3 rings (SSSR count). The van der Waals surface area contributed by atoms with Crippen molar-refractivity contribution in [1.29, 1.82) is 0 Å². The minimum Gasteiger partial charge on any atom is -0.335 e. The number of halogens is 3. The molecule has 5 nitrogen and oxygen atoms in total. The molecule has 2 unspecified atom stereocenters. The molecule has 27 heavy (non-hydrogen) atoms. The number of aromatic nitrogens is 2. The molecular formula is C18H21F3N4OS. The molecule has 146 valence electrons. The van der Waals surface area contributed by atoms with E-state index in [1.807, 2.05) is 6.92 Å². The molecule has 0 saturated heterocycles. The highest BCUT2D eigenvalue weighted by Gasteiger charge is 2.34. The number of hydrogen-bond donors (Lipinski definition) is 1. The molecule has 1 N–H and O–H groups in total. The van der Waals surface area contributed by atoms with Crippen molar-refractivity contribution in [3.05, 3.63) is 45.4 Å². The van der Waals surface area contributed by atoms with Crippen molar-refractivity contribution in [2.45, 2.75) is 50.9 Å². The molecule has 9 heteroatoms. The summed E-state index contributed by atoms with van der Waals surface area (Å²) in [6.45, 7) is 2.19. The molecule has 2 atom stereocenters. The summed E-state index contributed by atoms with van der Waals surface area (Å²) in [5.41, 5.74) is -0.0317. The van der Waals surface area contributed by atoms with Crippen molar-refractivity contribution >= 4 is 17.4 Å². The number of benzene rings is 1. The van der Waals surface area contributed by atoms with Crippen LogP contribution in [0.5, 0.6) is 0 Å². The van der Waals surface area contributed by atoms with Gasteiger partial charge in [0.25, 0.3) is 0 Å². The van der Waals surface area contributed by atoms with Crippen LogP contribution in [-0.4, -0.2) is 34.2 Å². The summed E-state index contributed by atoms with van der Waals surface area (Å²) in [6.07, 6.45) is -2.00. The SMILES string of the molecule is Cc1nnc(CN(C)C(=O)NC2CCCC2c2cccc(C(F)(F)F)c2)s1. The molecule has 0 bridgehead atoms. The van der Waals surface area contributed by atoms with Crippen LogP contribution in [0.1, 0.15) is 46.3 Å². The first-order valence-corrected chi connectivity index (χ1v) is 9.53. The number of aryl methyl sites for hydroxylation is 1. The molecule has 2 amide bonds. The highest BCUT2D eigenvalue weighted by molar-refractivity contribution is 7.11. The number of carbonyl (C=O) groups is 1. The van der Waals surface area contributed by atoms with Crippen LogP contribution in [0.4, 0.5) is 18.0 Å². The Labute approximate surface area is 159 Å². The molecule has 2 aromatic rings. The van der Waals surface area contributed by atoms with E-state index >= 15 is 0 Å². The fourth-order valence-corrected chi connectivity index (χ4v) is 4.18. The van der Waals surface area contributed by atoms with Crippen molar-refractivity contribution in [3.8, 4) is 0 Å². The maximum atomic E-state index is 13.0. The average Bonchev–Trinajstić information content (AvgIpc) is 3.23. The lowest BCUT2D eigenvalue weighted by Crippen LogP contribution is -2.43. The summed E-state index contributed by atoms with van der Waals surface area (Å²) >= 11 is 1.43. The van der Waals surface area contributed by atoms with Gasteiger partial charge in [0.05, 0.1) is 12.1 Å². The smallest absolute Gasteiger partial charge is 0.335 e. The monoisotopic (exact) mass is 398 g/mol. The fourth-order valence-electron chi connectivity index (χ4n) is 3.42. The molecule has 0 radical (unpaired) electrons. The highest BCUT2D eigenvalue weighted by Crippen LogP contribution is 2.37. The van der Waals surface area contributed by atoms with Crippen LogP contribution in [0.3, 0.4) is 0 Å². The van der Waals surface area contributed by atoms with Crippen LogP contribution in [0.25, 0.3) is 0 Å². The zero-order chi connectivity index (χ0) is 19.6. The van der Waals surface area contributed by atoms with Crippen molar-refractivity contribution in [3.63, 3.8) is 0 Å². The van der Waals surface area contributed by atoms with E-state index in [9.17, 15) is 18.0 Å². The van der Waals surface area contributed by atoms with Gasteiger partial charge in [-0.2, -0.15) is 13.2 Å². The number of rotatable bonds is 4. The number of carbonyl (C=O) groups excluding carboxylic acids is 1. The van der Waals surface area contributed by atoms with Gasteiger partial charge in [-0.05, 0) is 31.4 Å². The van der Waals surface area contributed by atoms with Crippen LogP contribution < -0.4 is 5.32 Å². The molecule has 0 aliphatic heterocycles. The van der Waals surface area contributed by atoms with Crippen LogP contribution in [0.2, 0.25) is 0 Å². The number of nitrogens with one attached hydrogen (secondary N) is 1. The van der Waals surface area contributed by atoms with Gasteiger partial charge < -0.3 is 10.2 Å². The van der Waals surface area contributed by atoms with E-state index in [0.717, 1.165) is 35.3 Å². The first-order valence-electron chi connectivity index (χ1n) is 8.72. The molecule has 1 aliphatic carbocycles. The van der Waals surface area contributed by atoms with Crippen molar-refractivity contribution in [1.82, 2.24) is 20.4 Å². The van der Waals surface area contributed by atoms with Crippen LogP contribution in [0, 0.1) is 6.92 Å². The van der Waals surface area contributed by atoms with Gasteiger partial charge in [-0.15, -0.1) is 10.2 Å². The molecule has 0 spiro atoms. The predicted octanol–water partition coefficient (Wildman–Crippen LogP) is 4.34. The van der Waals surface area contributed by atoms with E-state index in [-0.39, 0.29) is 18.0 Å². The number of amides is 2. The lowest BCUT2D eigenvalue weighted by molar-refractivity contribution is -0.137. The summed E-state index contributed by atoms with van der Waals surface area (Å²) in [5, 5.41) is 12.5. The zero-order valence-electron chi connectivity index (χ0n) is 15.1. The summed E-state index contributed by atoms with van der Waals surface area (Å²) in [4.78, 5) is 14.0. The largest absolute Gasteiger partial charge is 0.416 e. The molecule has 1 aliphatic rings. The second kappa shape index (κ2) is 7.84. The van der Waals surface area contributed by atoms with Crippen LogP contribution >= 0.6 is 11.3 Å². The Hall–Kier alpha value is -2.16. The van der Waals surface area contributed by atoms with E-state index in [0.29, 0.717) is 12.1 Å². The molecule has 1 aromatic carbocycles. The number of urea groups is 1. The Morgan fingerprint density at radius 1 is 1.33 bits per heavy atom. The lowest BCUT2D eigenvalue weighted by atomic mass is 9.92. The van der Waals surface area contributed by atoms with Crippen molar-refractivity contribution < 1.29 is 18.0 Å². The van der Waals surface area contributed by atoms with Gasteiger partial charge >= 0.3 is 12.2 Å². The van der Waals surface area contributed by atoms with E-state index in [1.165, 1.54) is 28.4 Å². The first kappa shape index (κ1) is 19.6. The van der Waals surface area contributed by atoms with Crippen LogP contribution in [0.15, 0.2) is 24.3 Å². The Bertz CT molecular complexity index is 808. The van der Waals surface area contributed by atoms with E-state index < -0.39 is 11.7 Å². The number of nitrogens with zero attached hydrogens (tertiary/aromatic N) is 3. The van der Waals surface area contributed by atoms with Gasteiger partial charge in [0.1, 0.15) is 10.0 Å². The van der Waals surface area contributed by atoms with Crippen LogP contribution in [-0.2, 0) is 12.7 Å². The number of hydrogen-bond acceptors (Lipinski definition) is 4. The summed E-state index contributed by atoms with van der Waals surface area (Å²) in [6, 6.07) is 4.97. The first-order chi connectivity index (χ1) is 12.7. The average molecular weight is 398 g/mol. The standard InChI is InChI=1S/C18H21F3N4OS/c1-11-23-24-16(27-11)10-25(2)17(26)22-15-8-4-7-14(15)12-5-3-6-13(9-12)18(19,20)21/h3,5-6,9,14-15H,4,7-8,10H2,1-2H3,(H,22,26). The number of alkyl halides is 3. The minimum atomic E-state index is -4.37. The quantitative estimate of drug-likeness (QED) is 0.833. The van der Waals surface area contributed by atoms with Gasteiger partial charge in [-0.1, -0.05) is 36.0 Å². The fraction of sp³-hybridized carbons (Fsp3) is 0.500. The van der Waals surface area contributed by atoms with Gasteiger partial charge in [-0.3, -0.25) is 0 Å². The second-order valence-electron chi connectivity index (χ2n) is 6.79. The Kier molecular flexibility index (Phi) is 5.69. The van der Waals surface area contributed by atoms with Gasteiger partial charge in [-0.25, -0.2) is 4.79 Å². The predicted molar refractivity (Wildman–Crippen MR) is 96.5 cm³/mol. The van der Waals surface area contributed by atoms with Gasteiger partial charge in [0.2, 0.25) is 0 Å². The van der Waals surface area contributed by atoms with E-state index in [2.05, 4.69) is 15.5 Å². The molecule has 1 saturated carbocycles. The van der Waals surface area contributed by atoms with Crippen molar-refractivity contribution in [2.24, 2.45) is 0 Å². The Morgan fingerprint density at radius 2 is 2.11 bits per heavy atom. The Balaban J connectivity index is 1.66. The van der Waals surface area contributed by atoms with Gasteiger partial charge in [0, 0.05) is 19.0 Å². The second-order valence-corrected chi connectivity index (χ2v) is 8.05. The van der Waals surface area contributed by atoms with E-state index in [4.69, 9.17) is 0 Å². The maximum absolute atomic E-state index is 13.0. The van der Waals surface area contributed by atoms with Gasteiger partial charge in [0.15, 0.2) is 0 Å². The third kappa shape index (κ3) is 4.77. The van der Waals surface area contributed by atoms with E-state index in [1.54, 1.807) is 13.1 Å². The highest BCUT2D eigenvalue weighted by atomic mass is 32.1. The van der Waals surface area contributed by atoms with Crippen molar-refractivity contribution in [2.75, 3.05) is 7.05 Å². The Morgan fingerprint density at radius 3 is 2.78 bits per heavy atom. The molecular weight excluding hydrogens is 377 g/mol. The zero-order valence-corrected chi connectivity index (χ0v) is 15.9. The molecule has 1 aromatic heterocycles. The topological polar surface area (TPSA) is 58.1 Å². The molecule has 1 fully saturated rings. The summed E-state index contributed by atoms with van der Waals surface area (Å²) in [5.74, 6) is -0.117. The summed E-state index contributed by atoms with van der Waals surface area (Å²) in [7, 11) is 1.67. The maximum Gasteiger partial charge on any atom is 0.416 e. The lowest BCUT2D eigenvalue weighted by Gasteiger charge is -2.25. The normalized spacial score (nSPS) is 19.9.